The normalized spacial score (nSPS) is 10.1. The number of rotatable bonds is 4. The van der Waals surface area contributed by atoms with Crippen molar-refractivity contribution in [2.24, 2.45) is 0 Å². The summed E-state index contributed by atoms with van der Waals surface area (Å²) in [6, 6.07) is 9.27. The van der Waals surface area contributed by atoms with Crippen molar-refractivity contribution in [3.05, 3.63) is 47.7 Å². The molecule has 0 N–H and O–H groups in total. The van der Waals surface area contributed by atoms with Crippen LogP contribution in [0.3, 0.4) is 0 Å². The molecule has 3 nitrogen and oxygen atoms in total. The van der Waals surface area contributed by atoms with Crippen LogP contribution in [0, 0.1) is 6.92 Å². The maximum absolute atomic E-state index is 11.0. The third-order valence-electron chi connectivity index (χ3n) is 2.52. The molecule has 1 aromatic heterocycles. The molecule has 0 aliphatic rings. The number of carbonyl (C=O) groups excluding carboxylic acids is 1. The number of aromatic nitrogens is 1. The number of hydrogen-bond donors (Lipinski definition) is 0. The maximum Gasteiger partial charge on any atom is 0.151 e. The van der Waals surface area contributed by atoms with Crippen LogP contribution in [0.2, 0.25) is 0 Å². The highest BCUT2D eigenvalue weighted by Gasteiger charge is 2.08. The molecule has 2 aromatic rings. The Morgan fingerprint density at radius 1 is 1.33 bits per heavy atom. The largest absolute Gasteiger partial charge is 0.497 e. The van der Waals surface area contributed by atoms with Crippen LogP contribution in [0.25, 0.3) is 0 Å². The van der Waals surface area contributed by atoms with E-state index in [2.05, 4.69) is 4.98 Å². The van der Waals surface area contributed by atoms with Gasteiger partial charge in [-0.1, -0.05) is 17.8 Å². The first-order valence-corrected chi connectivity index (χ1v) is 6.29. The molecule has 1 aromatic carbocycles. The number of methoxy groups -OCH3 is 1. The predicted octanol–water partition coefficient (Wildman–Crippen LogP) is 3.36. The van der Waals surface area contributed by atoms with E-state index in [9.17, 15) is 4.79 Å². The highest BCUT2D eigenvalue weighted by atomic mass is 32.2. The molecule has 0 amide bonds. The van der Waals surface area contributed by atoms with E-state index in [0.29, 0.717) is 5.56 Å². The molecule has 0 bridgehead atoms. The van der Waals surface area contributed by atoms with Gasteiger partial charge in [0.25, 0.3) is 0 Å². The highest BCUT2D eigenvalue weighted by molar-refractivity contribution is 7.99. The number of pyridine rings is 1. The van der Waals surface area contributed by atoms with Gasteiger partial charge in [0.15, 0.2) is 6.29 Å². The maximum atomic E-state index is 11.0. The van der Waals surface area contributed by atoms with Gasteiger partial charge in [0.2, 0.25) is 0 Å². The number of nitrogens with zero attached hydrogens (tertiary/aromatic N) is 1. The van der Waals surface area contributed by atoms with Crippen LogP contribution in [-0.4, -0.2) is 18.4 Å². The molecule has 0 spiro atoms. The molecule has 0 aliphatic heterocycles. The number of ether oxygens (including phenoxy) is 1. The lowest BCUT2D eigenvalue weighted by molar-refractivity contribution is 0.112. The van der Waals surface area contributed by atoms with E-state index in [1.54, 1.807) is 25.4 Å². The Balaban J connectivity index is 2.38. The number of aldehydes is 1. The fourth-order valence-corrected chi connectivity index (χ4v) is 2.47. The van der Waals surface area contributed by atoms with Crippen molar-refractivity contribution in [2.45, 2.75) is 16.8 Å². The molecule has 1 heterocycles. The number of aryl methyl sites for hydroxylation is 1. The minimum atomic E-state index is 0.644. The average Bonchev–Trinajstić information content (AvgIpc) is 2.41. The molecule has 0 saturated heterocycles. The van der Waals surface area contributed by atoms with E-state index in [0.717, 1.165) is 27.5 Å². The topological polar surface area (TPSA) is 39.2 Å². The smallest absolute Gasteiger partial charge is 0.151 e. The molecule has 92 valence electrons. The Morgan fingerprint density at radius 2 is 2.17 bits per heavy atom. The summed E-state index contributed by atoms with van der Waals surface area (Å²) in [7, 11) is 1.61. The number of benzene rings is 1. The zero-order valence-corrected chi connectivity index (χ0v) is 11.0. The van der Waals surface area contributed by atoms with Crippen molar-refractivity contribution in [3.8, 4) is 5.75 Å². The average molecular weight is 259 g/mol. The third kappa shape index (κ3) is 2.71. The standard InChI is InChI=1S/C14H13NO2S/c1-10-4-3-7-15-14(10)18-13-8-12(17-2)6-5-11(13)9-16/h3-9H,1-2H3. The van der Waals surface area contributed by atoms with Crippen molar-refractivity contribution in [1.29, 1.82) is 0 Å². The molecule has 0 aliphatic carbocycles. The molecule has 0 atom stereocenters. The van der Waals surface area contributed by atoms with E-state index in [1.165, 1.54) is 11.8 Å². The van der Waals surface area contributed by atoms with Crippen molar-refractivity contribution in [2.75, 3.05) is 7.11 Å². The van der Waals surface area contributed by atoms with Gasteiger partial charge in [-0.05, 0) is 36.8 Å². The van der Waals surface area contributed by atoms with Crippen molar-refractivity contribution < 1.29 is 9.53 Å². The van der Waals surface area contributed by atoms with Crippen molar-refractivity contribution in [3.63, 3.8) is 0 Å². The Labute approximate surface area is 110 Å². The molecular formula is C14H13NO2S. The first-order chi connectivity index (χ1) is 8.74. The lowest BCUT2D eigenvalue weighted by Gasteiger charge is -2.08. The second-order valence-corrected chi connectivity index (χ2v) is 4.78. The summed E-state index contributed by atoms with van der Waals surface area (Å²) < 4.78 is 5.17. The van der Waals surface area contributed by atoms with Crippen LogP contribution >= 0.6 is 11.8 Å². The van der Waals surface area contributed by atoms with Crippen LogP contribution in [0.4, 0.5) is 0 Å². The summed E-state index contributed by atoms with van der Waals surface area (Å²) in [5.74, 6) is 0.733. The molecule has 2 rings (SSSR count). The van der Waals surface area contributed by atoms with Gasteiger partial charge in [0.05, 0.1) is 7.11 Å². The van der Waals surface area contributed by atoms with E-state index >= 15 is 0 Å². The van der Waals surface area contributed by atoms with Gasteiger partial charge in [-0.25, -0.2) is 4.98 Å². The lowest BCUT2D eigenvalue weighted by Crippen LogP contribution is -1.90. The van der Waals surface area contributed by atoms with Crippen LogP contribution in [0.1, 0.15) is 15.9 Å². The number of carbonyl (C=O) groups is 1. The van der Waals surface area contributed by atoms with Gasteiger partial charge in [-0.15, -0.1) is 0 Å². The third-order valence-corrected chi connectivity index (χ3v) is 3.71. The van der Waals surface area contributed by atoms with Gasteiger partial charge in [-0.2, -0.15) is 0 Å². The molecular weight excluding hydrogens is 246 g/mol. The Morgan fingerprint density at radius 3 is 2.83 bits per heavy atom. The summed E-state index contributed by atoms with van der Waals surface area (Å²) >= 11 is 1.47. The Bertz CT molecular complexity index is 569. The summed E-state index contributed by atoms with van der Waals surface area (Å²) in [5.41, 5.74) is 1.73. The Kier molecular flexibility index (Phi) is 3.99. The summed E-state index contributed by atoms with van der Waals surface area (Å²) in [6.45, 7) is 2.00. The summed E-state index contributed by atoms with van der Waals surface area (Å²) in [4.78, 5) is 16.2. The Hall–Kier alpha value is -1.81. The van der Waals surface area contributed by atoms with E-state index in [-0.39, 0.29) is 0 Å². The second kappa shape index (κ2) is 5.69. The van der Waals surface area contributed by atoms with E-state index < -0.39 is 0 Å². The molecule has 0 fully saturated rings. The van der Waals surface area contributed by atoms with E-state index in [4.69, 9.17) is 4.74 Å². The van der Waals surface area contributed by atoms with Gasteiger partial charge in [0, 0.05) is 16.7 Å². The van der Waals surface area contributed by atoms with Crippen molar-refractivity contribution in [1.82, 2.24) is 4.98 Å². The first-order valence-electron chi connectivity index (χ1n) is 5.47. The lowest BCUT2D eigenvalue weighted by atomic mass is 10.2. The fraction of sp³-hybridized carbons (Fsp3) is 0.143. The minimum absolute atomic E-state index is 0.644. The van der Waals surface area contributed by atoms with Gasteiger partial charge in [-0.3, -0.25) is 4.79 Å². The van der Waals surface area contributed by atoms with Crippen LogP contribution < -0.4 is 4.74 Å². The monoisotopic (exact) mass is 259 g/mol. The summed E-state index contributed by atoms with van der Waals surface area (Å²) in [5, 5.41) is 0.897. The van der Waals surface area contributed by atoms with Gasteiger partial charge < -0.3 is 4.74 Å². The van der Waals surface area contributed by atoms with Crippen LogP contribution in [0.15, 0.2) is 46.5 Å². The zero-order chi connectivity index (χ0) is 13.0. The SMILES string of the molecule is COc1ccc(C=O)c(Sc2ncccc2C)c1. The molecule has 18 heavy (non-hydrogen) atoms. The molecule has 0 saturated carbocycles. The predicted molar refractivity (Wildman–Crippen MR) is 71.5 cm³/mol. The van der Waals surface area contributed by atoms with E-state index in [1.807, 2.05) is 25.1 Å². The van der Waals surface area contributed by atoms with Gasteiger partial charge >= 0.3 is 0 Å². The van der Waals surface area contributed by atoms with Gasteiger partial charge in [0.1, 0.15) is 10.8 Å². The van der Waals surface area contributed by atoms with Crippen LogP contribution in [0.5, 0.6) is 5.75 Å². The number of hydrogen-bond acceptors (Lipinski definition) is 4. The first kappa shape index (κ1) is 12.6. The minimum Gasteiger partial charge on any atom is -0.497 e. The van der Waals surface area contributed by atoms with Crippen molar-refractivity contribution >= 4 is 18.0 Å². The summed E-state index contributed by atoms with van der Waals surface area (Å²) in [6.07, 6.45) is 2.59. The molecule has 0 radical (unpaired) electrons. The highest BCUT2D eigenvalue weighted by Crippen LogP contribution is 2.32. The quantitative estimate of drug-likeness (QED) is 0.789. The van der Waals surface area contributed by atoms with Crippen LogP contribution in [-0.2, 0) is 0 Å². The molecule has 0 unspecified atom stereocenters. The second-order valence-electron chi connectivity index (χ2n) is 3.75. The zero-order valence-electron chi connectivity index (χ0n) is 10.2. The molecule has 4 heteroatoms. The fourth-order valence-electron chi connectivity index (χ4n) is 1.51.